The first-order valence-corrected chi connectivity index (χ1v) is 10.5. The lowest BCUT2D eigenvalue weighted by molar-refractivity contribution is -0.147. The number of fused-ring (bicyclic) bond motifs is 1. The summed E-state index contributed by atoms with van der Waals surface area (Å²) in [5.74, 6) is -1.46. The highest BCUT2D eigenvalue weighted by Gasteiger charge is 2.51. The number of hydrogen-bond acceptors (Lipinski definition) is 5. The first kappa shape index (κ1) is 22.5. The van der Waals surface area contributed by atoms with Gasteiger partial charge >= 0.3 is 0 Å². The van der Waals surface area contributed by atoms with Crippen molar-refractivity contribution in [2.75, 3.05) is 17.7 Å². The predicted octanol–water partition coefficient (Wildman–Crippen LogP) is 2.96. The number of anilines is 2. The number of likely N-dealkylation sites (tertiary alicyclic amines) is 1. The Morgan fingerprint density at radius 1 is 1.10 bits per heavy atom. The summed E-state index contributed by atoms with van der Waals surface area (Å²) >= 11 is 0. The van der Waals surface area contributed by atoms with Crippen molar-refractivity contribution < 1.29 is 23.9 Å². The van der Waals surface area contributed by atoms with Crippen molar-refractivity contribution in [2.24, 2.45) is 17.8 Å². The number of benzene rings is 1. The molecule has 3 rings (SSSR count). The number of amides is 4. The molecule has 2 aliphatic rings. The van der Waals surface area contributed by atoms with Gasteiger partial charge in [0.2, 0.25) is 23.6 Å². The molecule has 1 fully saturated rings. The van der Waals surface area contributed by atoms with Crippen molar-refractivity contribution in [3.63, 3.8) is 0 Å². The molecule has 0 bridgehead atoms. The average Bonchev–Trinajstić information content (AvgIpc) is 2.96. The number of methoxy groups -OCH3 is 1. The van der Waals surface area contributed by atoms with Gasteiger partial charge in [0.25, 0.3) is 0 Å². The fraction of sp³-hybridized carbons (Fsp3) is 0.478. The van der Waals surface area contributed by atoms with Crippen molar-refractivity contribution in [1.82, 2.24) is 4.90 Å². The quantitative estimate of drug-likeness (QED) is 0.514. The van der Waals surface area contributed by atoms with Crippen LogP contribution in [-0.2, 0) is 19.2 Å². The fourth-order valence-electron chi connectivity index (χ4n) is 4.21. The van der Waals surface area contributed by atoms with E-state index in [1.807, 2.05) is 26.0 Å². The Morgan fingerprint density at radius 2 is 1.71 bits per heavy atom. The number of carbonyl (C=O) groups is 4. The van der Waals surface area contributed by atoms with Crippen LogP contribution in [0.15, 0.2) is 30.4 Å². The van der Waals surface area contributed by atoms with E-state index in [1.165, 1.54) is 18.9 Å². The summed E-state index contributed by atoms with van der Waals surface area (Å²) in [6.07, 6.45) is 5.27. The predicted molar refractivity (Wildman–Crippen MR) is 116 cm³/mol. The van der Waals surface area contributed by atoms with Gasteiger partial charge < -0.3 is 15.4 Å². The molecule has 1 aromatic carbocycles. The number of allylic oxidation sites excluding steroid dienone is 2. The van der Waals surface area contributed by atoms with E-state index in [1.54, 1.807) is 18.2 Å². The Bertz CT molecular complexity index is 898. The second-order valence-corrected chi connectivity index (χ2v) is 8.43. The number of nitrogens with zero attached hydrogens (tertiary/aromatic N) is 1. The average molecular weight is 428 g/mol. The zero-order valence-corrected chi connectivity index (χ0v) is 18.3. The van der Waals surface area contributed by atoms with Crippen LogP contribution in [-0.4, -0.2) is 41.7 Å². The van der Waals surface area contributed by atoms with Crippen LogP contribution in [0, 0.1) is 17.8 Å². The Labute approximate surface area is 182 Å². The summed E-state index contributed by atoms with van der Waals surface area (Å²) in [5, 5.41) is 5.47. The molecule has 31 heavy (non-hydrogen) atoms. The smallest absolute Gasteiger partial charge is 0.247 e. The molecule has 3 unspecified atom stereocenters. The van der Waals surface area contributed by atoms with Crippen LogP contribution in [0.1, 0.15) is 40.0 Å². The molecule has 1 heterocycles. The van der Waals surface area contributed by atoms with E-state index in [0.717, 1.165) is 0 Å². The molecule has 3 atom stereocenters. The van der Waals surface area contributed by atoms with Gasteiger partial charge in [-0.3, -0.25) is 24.1 Å². The van der Waals surface area contributed by atoms with E-state index in [4.69, 9.17) is 4.74 Å². The number of rotatable bonds is 7. The van der Waals surface area contributed by atoms with Gasteiger partial charge in [0.15, 0.2) is 0 Å². The van der Waals surface area contributed by atoms with Crippen LogP contribution in [0.25, 0.3) is 0 Å². The second kappa shape index (κ2) is 9.32. The van der Waals surface area contributed by atoms with Gasteiger partial charge in [0.1, 0.15) is 11.8 Å². The Kier molecular flexibility index (Phi) is 6.77. The van der Waals surface area contributed by atoms with Crippen LogP contribution < -0.4 is 15.4 Å². The molecule has 0 spiro atoms. The molecular weight excluding hydrogens is 398 g/mol. The van der Waals surface area contributed by atoms with Gasteiger partial charge in [-0.05, 0) is 43.4 Å². The van der Waals surface area contributed by atoms with Crippen molar-refractivity contribution >= 4 is 35.0 Å². The van der Waals surface area contributed by atoms with E-state index in [9.17, 15) is 19.2 Å². The van der Waals surface area contributed by atoms with E-state index >= 15 is 0 Å². The summed E-state index contributed by atoms with van der Waals surface area (Å²) in [4.78, 5) is 51.9. The van der Waals surface area contributed by atoms with Crippen molar-refractivity contribution in [3.05, 3.63) is 30.4 Å². The number of nitrogens with one attached hydrogen (secondary N) is 2. The molecule has 0 radical (unpaired) electrons. The van der Waals surface area contributed by atoms with Crippen molar-refractivity contribution in [2.45, 2.75) is 46.1 Å². The van der Waals surface area contributed by atoms with Crippen LogP contribution >= 0.6 is 0 Å². The molecule has 166 valence electrons. The largest absolute Gasteiger partial charge is 0.495 e. The molecule has 1 aliphatic carbocycles. The maximum absolute atomic E-state index is 13.2. The van der Waals surface area contributed by atoms with Gasteiger partial charge in [-0.1, -0.05) is 26.0 Å². The highest BCUT2D eigenvalue weighted by Crippen LogP contribution is 2.37. The minimum atomic E-state index is -0.892. The third-order valence-corrected chi connectivity index (χ3v) is 5.63. The van der Waals surface area contributed by atoms with Gasteiger partial charge in [-0.15, -0.1) is 0 Å². The molecule has 2 N–H and O–H groups in total. The lowest BCUT2D eigenvalue weighted by Crippen LogP contribution is -2.48. The number of hydrogen-bond donors (Lipinski definition) is 2. The summed E-state index contributed by atoms with van der Waals surface area (Å²) in [5.41, 5.74) is 0.847. The standard InChI is InChI=1S/C23H29N3O5/c1-13(2)11-19(26-22(29)16-7-5-6-8-17(16)23(26)30)21(28)25-15-9-10-20(31-4)18(12-15)24-14(3)27/h5-6,9-10,12-13,16-17,19H,7-8,11H2,1-4H3,(H,24,27)(H,25,28). The Balaban J connectivity index is 1.85. The third-order valence-electron chi connectivity index (χ3n) is 5.63. The molecule has 0 aromatic heterocycles. The monoisotopic (exact) mass is 427 g/mol. The van der Waals surface area contributed by atoms with Crippen LogP contribution in [0.4, 0.5) is 11.4 Å². The van der Waals surface area contributed by atoms with Gasteiger partial charge in [0, 0.05) is 12.6 Å². The molecule has 1 aromatic rings. The zero-order valence-electron chi connectivity index (χ0n) is 18.3. The molecule has 8 nitrogen and oxygen atoms in total. The summed E-state index contributed by atoms with van der Waals surface area (Å²) in [7, 11) is 1.48. The zero-order chi connectivity index (χ0) is 22.7. The number of imide groups is 1. The molecule has 4 amide bonds. The highest BCUT2D eigenvalue weighted by atomic mass is 16.5. The molecule has 1 aliphatic heterocycles. The summed E-state index contributed by atoms with van der Waals surface area (Å²) in [6, 6.07) is 3.97. The first-order valence-electron chi connectivity index (χ1n) is 10.5. The van der Waals surface area contributed by atoms with E-state index < -0.39 is 11.9 Å². The second-order valence-electron chi connectivity index (χ2n) is 8.43. The van der Waals surface area contributed by atoms with E-state index in [2.05, 4.69) is 10.6 Å². The minimum Gasteiger partial charge on any atom is -0.495 e. The summed E-state index contributed by atoms with van der Waals surface area (Å²) < 4.78 is 5.24. The van der Waals surface area contributed by atoms with Crippen LogP contribution in [0.3, 0.4) is 0 Å². The maximum Gasteiger partial charge on any atom is 0.247 e. The Morgan fingerprint density at radius 3 is 2.23 bits per heavy atom. The van der Waals surface area contributed by atoms with Gasteiger partial charge in [-0.25, -0.2) is 0 Å². The lowest BCUT2D eigenvalue weighted by Gasteiger charge is -2.27. The summed E-state index contributed by atoms with van der Waals surface area (Å²) in [6.45, 7) is 5.27. The van der Waals surface area contributed by atoms with Crippen LogP contribution in [0.5, 0.6) is 5.75 Å². The lowest BCUT2D eigenvalue weighted by atomic mass is 9.85. The SMILES string of the molecule is COc1ccc(NC(=O)C(CC(C)C)N2C(=O)C3CC=CCC3C2=O)cc1NC(C)=O. The minimum absolute atomic E-state index is 0.0999. The van der Waals surface area contributed by atoms with Crippen LogP contribution in [0.2, 0.25) is 0 Å². The molecular formula is C23H29N3O5. The Hall–Kier alpha value is -3.16. The van der Waals surface area contributed by atoms with E-state index in [-0.39, 0.29) is 35.5 Å². The highest BCUT2D eigenvalue weighted by molar-refractivity contribution is 6.10. The molecule has 0 saturated carbocycles. The van der Waals surface area contributed by atoms with Gasteiger partial charge in [-0.2, -0.15) is 0 Å². The number of carbonyl (C=O) groups excluding carboxylic acids is 4. The molecule has 8 heteroatoms. The number of ether oxygens (including phenoxy) is 1. The normalized spacial score (nSPS) is 21.1. The third kappa shape index (κ3) is 4.78. The first-order chi connectivity index (χ1) is 14.7. The topological polar surface area (TPSA) is 105 Å². The molecule has 1 saturated heterocycles. The fourth-order valence-corrected chi connectivity index (χ4v) is 4.21. The van der Waals surface area contributed by atoms with Crippen molar-refractivity contribution in [3.8, 4) is 5.75 Å². The van der Waals surface area contributed by atoms with E-state index in [0.29, 0.717) is 36.4 Å². The maximum atomic E-state index is 13.2. The van der Waals surface area contributed by atoms with Gasteiger partial charge in [0.05, 0.1) is 24.6 Å². The van der Waals surface area contributed by atoms with Crippen molar-refractivity contribution in [1.29, 1.82) is 0 Å².